The Bertz CT molecular complexity index is 1230. The second-order valence-corrected chi connectivity index (χ2v) is 7.53. The fourth-order valence-corrected chi connectivity index (χ4v) is 3.40. The highest BCUT2D eigenvalue weighted by Gasteiger charge is 2.12. The molecule has 1 amide bonds. The molecule has 4 rings (SSSR count). The van der Waals surface area contributed by atoms with Gasteiger partial charge in [-0.2, -0.15) is 5.10 Å². The van der Waals surface area contributed by atoms with E-state index in [0.717, 1.165) is 10.9 Å². The fourth-order valence-electron chi connectivity index (χ4n) is 3.03. The SMILES string of the molecule is O=C(NCCn1ncc2c(NCc3ccc(F)cc3)ncnc21)c1cc(Cl)ccc1Cl. The standard InChI is InChI=1S/C21H17Cl2FN6O/c22-14-3-6-18(23)16(9-14)21(31)25-7-8-30-20-17(11-29-30)19(27-12-28-20)26-10-13-1-4-15(24)5-2-13/h1-6,9,11-12H,7-8,10H2,(H,25,31)(H,26,27,28). The number of hydrogen-bond donors (Lipinski definition) is 2. The number of fused-ring (bicyclic) bond motifs is 1. The molecule has 158 valence electrons. The maximum absolute atomic E-state index is 13.1. The number of hydrogen-bond acceptors (Lipinski definition) is 5. The van der Waals surface area contributed by atoms with Crippen molar-refractivity contribution in [2.75, 3.05) is 11.9 Å². The smallest absolute Gasteiger partial charge is 0.252 e. The number of amides is 1. The van der Waals surface area contributed by atoms with Gasteiger partial charge in [-0.05, 0) is 35.9 Å². The number of nitrogens with zero attached hydrogens (tertiary/aromatic N) is 4. The van der Waals surface area contributed by atoms with Crippen LogP contribution in [0.2, 0.25) is 10.0 Å². The minimum absolute atomic E-state index is 0.279. The Kier molecular flexibility index (Phi) is 6.29. The van der Waals surface area contributed by atoms with Gasteiger partial charge < -0.3 is 10.6 Å². The van der Waals surface area contributed by atoms with Crippen molar-refractivity contribution in [3.8, 4) is 0 Å². The number of anilines is 1. The van der Waals surface area contributed by atoms with Gasteiger partial charge in [0, 0.05) is 18.1 Å². The molecular weight excluding hydrogens is 442 g/mol. The molecule has 2 aromatic carbocycles. The normalized spacial score (nSPS) is 10.9. The Hall–Kier alpha value is -3.23. The van der Waals surface area contributed by atoms with Crippen LogP contribution in [0.4, 0.5) is 10.2 Å². The Morgan fingerprint density at radius 2 is 1.90 bits per heavy atom. The summed E-state index contributed by atoms with van der Waals surface area (Å²) >= 11 is 12.0. The van der Waals surface area contributed by atoms with Gasteiger partial charge in [-0.25, -0.2) is 19.0 Å². The van der Waals surface area contributed by atoms with Crippen LogP contribution in [0.3, 0.4) is 0 Å². The van der Waals surface area contributed by atoms with Crippen molar-refractivity contribution >= 4 is 46.0 Å². The van der Waals surface area contributed by atoms with Crippen molar-refractivity contribution in [1.29, 1.82) is 0 Å². The second kappa shape index (κ2) is 9.28. The predicted octanol–water partition coefficient (Wildman–Crippen LogP) is 4.31. The van der Waals surface area contributed by atoms with E-state index in [4.69, 9.17) is 23.2 Å². The summed E-state index contributed by atoms with van der Waals surface area (Å²) in [6, 6.07) is 11.0. The van der Waals surface area contributed by atoms with E-state index in [2.05, 4.69) is 25.7 Å². The zero-order chi connectivity index (χ0) is 21.8. The zero-order valence-corrected chi connectivity index (χ0v) is 17.7. The quantitative estimate of drug-likeness (QED) is 0.430. The van der Waals surface area contributed by atoms with Crippen LogP contribution in [0.25, 0.3) is 11.0 Å². The summed E-state index contributed by atoms with van der Waals surface area (Å²) in [5, 5.41) is 11.9. The average Bonchev–Trinajstić information content (AvgIpc) is 3.18. The molecule has 7 nitrogen and oxygen atoms in total. The molecule has 0 fully saturated rings. The fraction of sp³-hybridized carbons (Fsp3) is 0.143. The van der Waals surface area contributed by atoms with Crippen molar-refractivity contribution in [3.63, 3.8) is 0 Å². The second-order valence-electron chi connectivity index (χ2n) is 6.69. The molecular formula is C21H17Cl2FN6O. The first-order valence-corrected chi connectivity index (χ1v) is 10.1. The topological polar surface area (TPSA) is 84.7 Å². The van der Waals surface area contributed by atoms with E-state index in [1.165, 1.54) is 24.5 Å². The molecule has 4 aromatic rings. The van der Waals surface area contributed by atoms with Gasteiger partial charge in [0.15, 0.2) is 5.65 Å². The van der Waals surface area contributed by atoms with Gasteiger partial charge in [-0.1, -0.05) is 35.3 Å². The van der Waals surface area contributed by atoms with E-state index in [9.17, 15) is 9.18 Å². The molecule has 2 N–H and O–H groups in total. The Balaban J connectivity index is 1.41. The number of carbonyl (C=O) groups excluding carboxylic acids is 1. The van der Waals surface area contributed by atoms with Crippen molar-refractivity contribution in [2.24, 2.45) is 0 Å². The van der Waals surface area contributed by atoms with Crippen LogP contribution in [-0.2, 0) is 13.1 Å². The minimum atomic E-state index is -0.319. The molecule has 31 heavy (non-hydrogen) atoms. The van der Waals surface area contributed by atoms with Gasteiger partial charge in [0.05, 0.1) is 28.7 Å². The van der Waals surface area contributed by atoms with Crippen LogP contribution >= 0.6 is 23.2 Å². The molecule has 2 aromatic heterocycles. The van der Waals surface area contributed by atoms with Crippen molar-refractivity contribution in [1.82, 2.24) is 25.1 Å². The van der Waals surface area contributed by atoms with Gasteiger partial charge in [0.1, 0.15) is 18.0 Å². The molecule has 0 saturated carbocycles. The molecule has 0 saturated heterocycles. The monoisotopic (exact) mass is 458 g/mol. The van der Waals surface area contributed by atoms with Gasteiger partial charge >= 0.3 is 0 Å². The molecule has 0 radical (unpaired) electrons. The highest BCUT2D eigenvalue weighted by atomic mass is 35.5. The van der Waals surface area contributed by atoms with Gasteiger partial charge in [-0.3, -0.25) is 4.79 Å². The van der Waals surface area contributed by atoms with E-state index in [1.54, 1.807) is 35.1 Å². The summed E-state index contributed by atoms with van der Waals surface area (Å²) in [5.74, 6) is 0.0229. The van der Waals surface area contributed by atoms with Crippen LogP contribution < -0.4 is 10.6 Å². The van der Waals surface area contributed by atoms with Gasteiger partial charge in [-0.15, -0.1) is 0 Å². The highest BCUT2D eigenvalue weighted by molar-refractivity contribution is 6.35. The van der Waals surface area contributed by atoms with Crippen molar-refractivity contribution in [2.45, 2.75) is 13.1 Å². The van der Waals surface area contributed by atoms with Crippen molar-refractivity contribution < 1.29 is 9.18 Å². The molecule has 2 heterocycles. The largest absolute Gasteiger partial charge is 0.365 e. The maximum atomic E-state index is 13.1. The average molecular weight is 459 g/mol. The number of nitrogens with one attached hydrogen (secondary N) is 2. The van der Waals surface area contributed by atoms with E-state index in [-0.39, 0.29) is 11.7 Å². The minimum Gasteiger partial charge on any atom is -0.365 e. The number of halogens is 3. The maximum Gasteiger partial charge on any atom is 0.252 e. The summed E-state index contributed by atoms with van der Waals surface area (Å²) in [6.45, 7) is 1.21. The van der Waals surface area contributed by atoms with E-state index in [0.29, 0.717) is 46.7 Å². The lowest BCUT2D eigenvalue weighted by atomic mass is 10.2. The first-order valence-electron chi connectivity index (χ1n) is 9.39. The summed E-state index contributed by atoms with van der Waals surface area (Å²) in [4.78, 5) is 20.9. The third-order valence-electron chi connectivity index (χ3n) is 4.59. The van der Waals surface area contributed by atoms with Crippen LogP contribution in [0.1, 0.15) is 15.9 Å². The lowest BCUT2D eigenvalue weighted by molar-refractivity contribution is 0.0952. The van der Waals surface area contributed by atoms with Crippen molar-refractivity contribution in [3.05, 3.63) is 82.0 Å². The summed E-state index contributed by atoms with van der Waals surface area (Å²) in [6.07, 6.45) is 3.11. The molecule has 0 bridgehead atoms. The van der Waals surface area contributed by atoms with Crippen LogP contribution in [0.5, 0.6) is 0 Å². The molecule has 0 atom stereocenters. The number of aromatic nitrogens is 4. The predicted molar refractivity (Wildman–Crippen MR) is 118 cm³/mol. The van der Waals surface area contributed by atoms with Crippen LogP contribution in [0.15, 0.2) is 55.0 Å². The number of benzene rings is 2. The first kappa shape index (κ1) is 21.0. The van der Waals surface area contributed by atoms with Gasteiger partial charge in [0.2, 0.25) is 0 Å². The number of carbonyl (C=O) groups is 1. The molecule has 0 aliphatic rings. The Labute approximate surface area is 187 Å². The van der Waals surface area contributed by atoms with E-state index >= 15 is 0 Å². The molecule has 0 spiro atoms. The third kappa shape index (κ3) is 4.92. The molecule has 0 aliphatic heterocycles. The summed E-state index contributed by atoms with van der Waals surface area (Å²) in [7, 11) is 0. The Morgan fingerprint density at radius 3 is 2.71 bits per heavy atom. The van der Waals surface area contributed by atoms with Crippen LogP contribution in [0, 0.1) is 5.82 Å². The molecule has 0 aliphatic carbocycles. The third-order valence-corrected chi connectivity index (χ3v) is 5.15. The highest BCUT2D eigenvalue weighted by Crippen LogP contribution is 2.21. The number of rotatable bonds is 7. The zero-order valence-electron chi connectivity index (χ0n) is 16.1. The van der Waals surface area contributed by atoms with E-state index in [1.807, 2.05) is 0 Å². The molecule has 10 heteroatoms. The summed E-state index contributed by atoms with van der Waals surface area (Å²) in [5.41, 5.74) is 1.86. The first-order chi connectivity index (χ1) is 15.0. The lowest BCUT2D eigenvalue weighted by Gasteiger charge is -2.09. The van der Waals surface area contributed by atoms with E-state index < -0.39 is 0 Å². The summed E-state index contributed by atoms with van der Waals surface area (Å²) < 4.78 is 14.7. The molecule has 0 unspecified atom stereocenters. The van der Waals surface area contributed by atoms with Gasteiger partial charge in [0.25, 0.3) is 5.91 Å². The Morgan fingerprint density at radius 1 is 1.10 bits per heavy atom. The van der Waals surface area contributed by atoms with Crippen LogP contribution in [-0.4, -0.2) is 32.2 Å². The lowest BCUT2D eigenvalue weighted by Crippen LogP contribution is -2.27.